The fourth-order valence-electron chi connectivity index (χ4n) is 2.84. The van der Waals surface area contributed by atoms with Gasteiger partial charge in [-0.3, -0.25) is 4.79 Å². The summed E-state index contributed by atoms with van der Waals surface area (Å²) in [5.74, 6) is 0.947. The van der Waals surface area contributed by atoms with Crippen molar-refractivity contribution in [3.63, 3.8) is 0 Å². The highest BCUT2D eigenvalue weighted by Gasteiger charge is 2.20. The highest BCUT2D eigenvalue weighted by Crippen LogP contribution is 2.13. The van der Waals surface area contributed by atoms with Crippen LogP contribution in [0.15, 0.2) is 24.3 Å². The number of benzene rings is 1. The molecule has 19 heavy (non-hydrogen) atoms. The van der Waals surface area contributed by atoms with Gasteiger partial charge in [0.05, 0.1) is 26.1 Å². The second kappa shape index (κ2) is 6.71. The van der Waals surface area contributed by atoms with E-state index in [1.165, 1.54) is 25.9 Å². The van der Waals surface area contributed by atoms with Crippen LogP contribution in [0.5, 0.6) is 0 Å². The number of para-hydroxylation sites is 1. The molecular weight excluding hydrogens is 236 g/mol. The SMILES string of the molecule is Cc1ccccc1NC(=O)CC[NH+]1CCC[C@H](C)C1. The number of quaternary nitrogens is 1. The van der Waals surface area contributed by atoms with Crippen molar-refractivity contribution in [3.8, 4) is 0 Å². The minimum Gasteiger partial charge on any atom is -0.334 e. The lowest BCUT2D eigenvalue weighted by atomic mass is 10.0. The lowest BCUT2D eigenvalue weighted by Gasteiger charge is -2.27. The van der Waals surface area contributed by atoms with E-state index >= 15 is 0 Å². The summed E-state index contributed by atoms with van der Waals surface area (Å²) < 4.78 is 0. The molecule has 1 aliphatic heterocycles. The number of hydrogen-bond donors (Lipinski definition) is 2. The molecule has 1 heterocycles. The first-order chi connectivity index (χ1) is 9.15. The Morgan fingerprint density at radius 1 is 1.42 bits per heavy atom. The van der Waals surface area contributed by atoms with Gasteiger partial charge in [0.1, 0.15) is 0 Å². The quantitative estimate of drug-likeness (QED) is 0.849. The van der Waals surface area contributed by atoms with Gasteiger partial charge in [-0.2, -0.15) is 0 Å². The zero-order valence-corrected chi connectivity index (χ0v) is 12.0. The van der Waals surface area contributed by atoms with Gasteiger partial charge < -0.3 is 10.2 Å². The second-order valence-corrected chi connectivity index (χ2v) is 5.81. The molecule has 1 aromatic rings. The first-order valence-electron chi connectivity index (χ1n) is 7.34. The zero-order chi connectivity index (χ0) is 13.7. The molecule has 2 atom stereocenters. The maximum absolute atomic E-state index is 12.0. The molecule has 0 radical (unpaired) electrons. The predicted molar refractivity (Wildman–Crippen MR) is 78.4 cm³/mol. The molecule has 1 aromatic carbocycles. The second-order valence-electron chi connectivity index (χ2n) is 5.81. The lowest BCUT2D eigenvalue weighted by Crippen LogP contribution is -3.13. The van der Waals surface area contributed by atoms with E-state index in [4.69, 9.17) is 0 Å². The average Bonchev–Trinajstić information content (AvgIpc) is 2.39. The van der Waals surface area contributed by atoms with Gasteiger partial charge in [0.25, 0.3) is 0 Å². The molecule has 0 spiro atoms. The summed E-state index contributed by atoms with van der Waals surface area (Å²) in [4.78, 5) is 13.5. The molecule has 0 saturated carbocycles. The summed E-state index contributed by atoms with van der Waals surface area (Å²) in [6.45, 7) is 7.74. The van der Waals surface area contributed by atoms with Crippen LogP contribution >= 0.6 is 0 Å². The van der Waals surface area contributed by atoms with E-state index in [0.29, 0.717) is 6.42 Å². The number of carbonyl (C=O) groups excluding carboxylic acids is 1. The molecule has 104 valence electrons. The summed E-state index contributed by atoms with van der Waals surface area (Å²) in [5.41, 5.74) is 2.06. The number of nitrogens with one attached hydrogen (secondary N) is 2. The van der Waals surface area contributed by atoms with Gasteiger partial charge in [-0.25, -0.2) is 0 Å². The molecule has 3 nitrogen and oxygen atoms in total. The third kappa shape index (κ3) is 4.35. The van der Waals surface area contributed by atoms with Crippen molar-refractivity contribution in [2.24, 2.45) is 5.92 Å². The minimum absolute atomic E-state index is 0.139. The number of rotatable bonds is 4. The minimum atomic E-state index is 0.139. The molecule has 1 saturated heterocycles. The van der Waals surface area contributed by atoms with Crippen LogP contribution < -0.4 is 10.2 Å². The van der Waals surface area contributed by atoms with Crippen molar-refractivity contribution in [3.05, 3.63) is 29.8 Å². The molecule has 0 bridgehead atoms. The van der Waals surface area contributed by atoms with E-state index < -0.39 is 0 Å². The van der Waals surface area contributed by atoms with Crippen LogP contribution in [0.1, 0.15) is 31.7 Å². The summed E-state index contributed by atoms with van der Waals surface area (Å²) in [7, 11) is 0. The third-order valence-corrected chi connectivity index (χ3v) is 3.99. The van der Waals surface area contributed by atoms with Gasteiger partial charge in [-0.05, 0) is 31.4 Å². The number of hydrogen-bond acceptors (Lipinski definition) is 1. The number of aryl methyl sites for hydroxylation is 1. The van der Waals surface area contributed by atoms with Crippen LogP contribution in [-0.4, -0.2) is 25.5 Å². The number of anilines is 1. The Morgan fingerprint density at radius 2 is 2.21 bits per heavy atom. The van der Waals surface area contributed by atoms with Crippen molar-refractivity contribution in [2.45, 2.75) is 33.1 Å². The summed E-state index contributed by atoms with van der Waals surface area (Å²) in [6, 6.07) is 7.93. The van der Waals surface area contributed by atoms with Gasteiger partial charge in [0, 0.05) is 11.6 Å². The monoisotopic (exact) mass is 261 g/mol. The van der Waals surface area contributed by atoms with Crippen LogP contribution in [0.2, 0.25) is 0 Å². The van der Waals surface area contributed by atoms with E-state index in [9.17, 15) is 4.79 Å². The van der Waals surface area contributed by atoms with Crippen LogP contribution in [0.25, 0.3) is 0 Å². The van der Waals surface area contributed by atoms with E-state index in [2.05, 4.69) is 12.2 Å². The standard InChI is InChI=1S/C16H24N2O/c1-13-6-5-10-18(12-13)11-9-16(19)17-15-8-4-3-7-14(15)2/h3-4,7-8,13H,5-6,9-12H2,1-2H3,(H,17,19)/p+1/t13-/m0/s1. The highest BCUT2D eigenvalue weighted by atomic mass is 16.1. The molecule has 1 amide bonds. The molecule has 1 aliphatic rings. The van der Waals surface area contributed by atoms with Crippen molar-refractivity contribution < 1.29 is 9.69 Å². The van der Waals surface area contributed by atoms with Crippen LogP contribution in [0, 0.1) is 12.8 Å². The number of carbonyl (C=O) groups is 1. The molecule has 2 N–H and O–H groups in total. The Morgan fingerprint density at radius 3 is 2.95 bits per heavy atom. The van der Waals surface area contributed by atoms with E-state index in [1.54, 1.807) is 4.90 Å². The smallest absolute Gasteiger partial charge is 0.230 e. The van der Waals surface area contributed by atoms with Gasteiger partial charge in [-0.15, -0.1) is 0 Å². The van der Waals surface area contributed by atoms with Gasteiger partial charge in [0.2, 0.25) is 5.91 Å². The fourth-order valence-corrected chi connectivity index (χ4v) is 2.84. The van der Waals surface area contributed by atoms with Gasteiger partial charge in [0.15, 0.2) is 0 Å². The topological polar surface area (TPSA) is 33.5 Å². The molecule has 0 aliphatic carbocycles. The van der Waals surface area contributed by atoms with Crippen molar-refractivity contribution >= 4 is 11.6 Å². The van der Waals surface area contributed by atoms with Crippen LogP contribution in [0.3, 0.4) is 0 Å². The Labute approximate surface area is 116 Å². The summed E-state index contributed by atoms with van der Waals surface area (Å²) >= 11 is 0. The lowest BCUT2D eigenvalue weighted by molar-refractivity contribution is -0.907. The fraction of sp³-hybridized carbons (Fsp3) is 0.562. The molecule has 3 heteroatoms. The maximum atomic E-state index is 12.0. The maximum Gasteiger partial charge on any atom is 0.230 e. The first-order valence-corrected chi connectivity index (χ1v) is 7.34. The molecular formula is C16H25N2O+. The van der Waals surface area contributed by atoms with E-state index in [0.717, 1.165) is 23.7 Å². The number of likely N-dealkylation sites (tertiary alicyclic amines) is 1. The number of piperidine rings is 1. The van der Waals surface area contributed by atoms with Crippen LogP contribution in [0.4, 0.5) is 5.69 Å². The summed E-state index contributed by atoms with van der Waals surface area (Å²) in [5, 5.41) is 3.01. The Bertz CT molecular complexity index is 431. The zero-order valence-electron chi connectivity index (χ0n) is 12.0. The normalized spacial score (nSPS) is 23.1. The Balaban J connectivity index is 1.77. The third-order valence-electron chi connectivity index (χ3n) is 3.99. The molecule has 0 aromatic heterocycles. The van der Waals surface area contributed by atoms with Crippen LogP contribution in [-0.2, 0) is 4.79 Å². The molecule has 1 fully saturated rings. The van der Waals surface area contributed by atoms with Crippen molar-refractivity contribution in [1.29, 1.82) is 0 Å². The van der Waals surface area contributed by atoms with E-state index in [1.807, 2.05) is 31.2 Å². The largest absolute Gasteiger partial charge is 0.334 e. The predicted octanol–water partition coefficient (Wildman–Crippen LogP) is 1.64. The molecule has 1 unspecified atom stereocenters. The average molecular weight is 261 g/mol. The van der Waals surface area contributed by atoms with Crippen molar-refractivity contribution in [1.82, 2.24) is 0 Å². The Hall–Kier alpha value is -1.35. The van der Waals surface area contributed by atoms with Crippen molar-refractivity contribution in [2.75, 3.05) is 25.0 Å². The number of amides is 1. The van der Waals surface area contributed by atoms with Gasteiger partial charge in [-0.1, -0.05) is 25.1 Å². The Kier molecular flexibility index (Phi) is 4.97. The van der Waals surface area contributed by atoms with E-state index in [-0.39, 0.29) is 5.91 Å². The highest BCUT2D eigenvalue weighted by molar-refractivity contribution is 5.91. The first kappa shape index (κ1) is 14.1. The summed E-state index contributed by atoms with van der Waals surface area (Å²) in [6.07, 6.45) is 3.27. The van der Waals surface area contributed by atoms with Gasteiger partial charge >= 0.3 is 0 Å². The molecule has 2 rings (SSSR count).